The first-order chi connectivity index (χ1) is 12.0. The minimum Gasteiger partial charge on any atom is -0.505 e. The molecule has 1 aliphatic heterocycles. The van der Waals surface area contributed by atoms with Gasteiger partial charge in [0, 0.05) is 30.1 Å². The number of anilines is 1. The number of hydrogen-bond donors (Lipinski definition) is 3. The molecule has 0 aliphatic carbocycles. The summed E-state index contributed by atoms with van der Waals surface area (Å²) >= 11 is 0. The van der Waals surface area contributed by atoms with E-state index in [0.29, 0.717) is 17.7 Å². The Hall–Kier alpha value is -2.86. The number of pyridine rings is 1. The molecule has 0 spiro atoms. The van der Waals surface area contributed by atoms with Gasteiger partial charge in [-0.3, -0.25) is 9.78 Å². The first-order valence-electron chi connectivity index (χ1n) is 8.23. The average Bonchev–Trinajstić information content (AvgIpc) is 2.62. The van der Waals surface area contributed by atoms with Gasteiger partial charge in [0.15, 0.2) is 6.23 Å². The van der Waals surface area contributed by atoms with Gasteiger partial charge in [-0.05, 0) is 37.1 Å². The molecule has 0 radical (unpaired) electrons. The number of fused-ring (bicyclic) bond motifs is 1. The Kier molecular flexibility index (Phi) is 4.72. The average molecular weight is 339 g/mol. The Morgan fingerprint density at radius 3 is 2.68 bits per heavy atom. The molecule has 1 amide bonds. The number of rotatable bonds is 4. The molecule has 1 aliphatic rings. The smallest absolute Gasteiger partial charge is 0.255 e. The van der Waals surface area contributed by atoms with Gasteiger partial charge in [-0.1, -0.05) is 19.1 Å². The summed E-state index contributed by atoms with van der Waals surface area (Å²) in [5.41, 5.74) is 2.76. The molecule has 6 nitrogen and oxygen atoms in total. The number of carbonyl (C=O) groups is 1. The monoisotopic (exact) mass is 339 g/mol. The van der Waals surface area contributed by atoms with E-state index in [1.807, 2.05) is 32.0 Å². The van der Waals surface area contributed by atoms with Gasteiger partial charge in [0.1, 0.15) is 11.5 Å². The summed E-state index contributed by atoms with van der Waals surface area (Å²) in [5, 5.41) is 24.1. The summed E-state index contributed by atoms with van der Waals surface area (Å²) in [4.78, 5) is 18.1. The van der Waals surface area contributed by atoms with Crippen molar-refractivity contribution in [2.45, 2.75) is 26.5 Å². The maximum Gasteiger partial charge on any atom is 0.255 e. The van der Waals surface area contributed by atoms with Gasteiger partial charge < -0.3 is 20.4 Å². The highest BCUT2D eigenvalue weighted by Gasteiger charge is 2.33. The number of aliphatic hydroxyl groups excluding tert-OH is 2. The lowest BCUT2D eigenvalue weighted by molar-refractivity contribution is 0.0944. The Morgan fingerprint density at radius 2 is 2.00 bits per heavy atom. The van der Waals surface area contributed by atoms with Crippen LogP contribution in [0.2, 0.25) is 0 Å². The third kappa shape index (κ3) is 3.08. The van der Waals surface area contributed by atoms with Crippen molar-refractivity contribution in [1.29, 1.82) is 0 Å². The second-order valence-electron chi connectivity index (χ2n) is 5.99. The fourth-order valence-electron chi connectivity index (χ4n) is 3.05. The van der Waals surface area contributed by atoms with E-state index in [1.54, 1.807) is 17.0 Å². The van der Waals surface area contributed by atoms with E-state index in [9.17, 15) is 15.0 Å². The lowest BCUT2D eigenvalue weighted by Crippen LogP contribution is -2.46. The maximum absolute atomic E-state index is 12.5. The van der Waals surface area contributed by atoms with E-state index in [0.717, 1.165) is 17.7 Å². The van der Waals surface area contributed by atoms with Gasteiger partial charge in [0.05, 0.1) is 5.69 Å². The second-order valence-corrected chi connectivity index (χ2v) is 5.99. The van der Waals surface area contributed by atoms with Gasteiger partial charge >= 0.3 is 0 Å². The Bertz CT molecular complexity index is 818. The summed E-state index contributed by atoms with van der Waals surface area (Å²) in [6.07, 6.45) is 2.73. The van der Waals surface area contributed by atoms with Gasteiger partial charge in [0.2, 0.25) is 0 Å². The number of benzene rings is 1. The third-order valence-electron chi connectivity index (χ3n) is 4.26. The van der Waals surface area contributed by atoms with Crippen LogP contribution in [0.3, 0.4) is 0 Å². The van der Waals surface area contributed by atoms with Crippen LogP contribution in [-0.4, -0.2) is 33.9 Å². The van der Waals surface area contributed by atoms with Crippen LogP contribution in [0.25, 0.3) is 5.76 Å². The number of carbonyl (C=O) groups excluding carboxylic acids is 1. The highest BCUT2D eigenvalue weighted by Crippen LogP contribution is 2.37. The van der Waals surface area contributed by atoms with Gasteiger partial charge in [-0.15, -0.1) is 0 Å². The first kappa shape index (κ1) is 17.0. The van der Waals surface area contributed by atoms with Crippen molar-refractivity contribution in [2.24, 2.45) is 0 Å². The molecule has 6 heteroatoms. The quantitative estimate of drug-likeness (QED) is 0.797. The fourth-order valence-corrected chi connectivity index (χ4v) is 3.05. The van der Waals surface area contributed by atoms with Crippen LogP contribution in [0.4, 0.5) is 5.69 Å². The third-order valence-corrected chi connectivity index (χ3v) is 4.26. The normalized spacial score (nSPS) is 16.6. The van der Waals surface area contributed by atoms with Gasteiger partial charge in [-0.25, -0.2) is 0 Å². The molecule has 2 aromatic rings. The van der Waals surface area contributed by atoms with E-state index in [4.69, 9.17) is 0 Å². The largest absolute Gasteiger partial charge is 0.505 e. The van der Waals surface area contributed by atoms with E-state index >= 15 is 0 Å². The molecule has 2 heterocycles. The van der Waals surface area contributed by atoms with Crippen molar-refractivity contribution in [3.8, 4) is 0 Å². The SMILES string of the molecule is CCCN1c2cccc(C)c2C(O)=C(NC(=O)c2ccncc2)C1O. The topological polar surface area (TPSA) is 85.7 Å². The molecule has 3 rings (SSSR count). The molecule has 1 aromatic carbocycles. The summed E-state index contributed by atoms with van der Waals surface area (Å²) in [5.74, 6) is -0.508. The Morgan fingerprint density at radius 1 is 1.28 bits per heavy atom. The molecule has 25 heavy (non-hydrogen) atoms. The van der Waals surface area contributed by atoms with Crippen LogP contribution in [-0.2, 0) is 0 Å². The van der Waals surface area contributed by atoms with E-state index in [2.05, 4.69) is 10.3 Å². The fraction of sp³-hybridized carbons (Fsp3) is 0.263. The maximum atomic E-state index is 12.5. The van der Waals surface area contributed by atoms with E-state index in [-0.39, 0.29) is 11.5 Å². The molecule has 0 fully saturated rings. The van der Waals surface area contributed by atoms with Crippen molar-refractivity contribution < 1.29 is 15.0 Å². The van der Waals surface area contributed by atoms with Crippen LogP contribution in [0.1, 0.15) is 34.8 Å². The van der Waals surface area contributed by atoms with Crippen molar-refractivity contribution in [3.63, 3.8) is 0 Å². The van der Waals surface area contributed by atoms with Crippen molar-refractivity contribution >= 4 is 17.4 Å². The highest BCUT2D eigenvalue weighted by molar-refractivity contribution is 5.96. The highest BCUT2D eigenvalue weighted by atomic mass is 16.3. The zero-order valence-corrected chi connectivity index (χ0v) is 14.2. The molecule has 130 valence electrons. The molecule has 1 unspecified atom stereocenters. The minimum atomic E-state index is -1.12. The number of aryl methyl sites for hydroxylation is 1. The van der Waals surface area contributed by atoms with Crippen LogP contribution >= 0.6 is 0 Å². The van der Waals surface area contributed by atoms with E-state index < -0.39 is 12.1 Å². The van der Waals surface area contributed by atoms with Crippen LogP contribution in [0.5, 0.6) is 0 Å². The Balaban J connectivity index is 2.04. The van der Waals surface area contributed by atoms with Crippen molar-refractivity contribution in [3.05, 3.63) is 65.1 Å². The summed E-state index contributed by atoms with van der Waals surface area (Å²) in [6, 6.07) is 8.78. The van der Waals surface area contributed by atoms with Gasteiger partial charge in [0.25, 0.3) is 5.91 Å². The number of nitrogens with one attached hydrogen (secondary N) is 1. The van der Waals surface area contributed by atoms with Crippen LogP contribution < -0.4 is 10.2 Å². The molecule has 0 saturated carbocycles. The van der Waals surface area contributed by atoms with Crippen LogP contribution in [0.15, 0.2) is 48.4 Å². The summed E-state index contributed by atoms with van der Waals surface area (Å²) in [7, 11) is 0. The van der Waals surface area contributed by atoms with Gasteiger partial charge in [-0.2, -0.15) is 0 Å². The standard InChI is InChI=1S/C19H21N3O3/c1-3-11-22-14-6-4-5-12(2)15(14)17(23)16(19(22)25)21-18(24)13-7-9-20-10-8-13/h4-10,19,23,25H,3,11H2,1-2H3,(H,21,24). The predicted octanol–water partition coefficient (Wildman–Crippen LogP) is 2.60. The van der Waals surface area contributed by atoms with Crippen molar-refractivity contribution in [2.75, 3.05) is 11.4 Å². The zero-order chi connectivity index (χ0) is 18.0. The zero-order valence-electron chi connectivity index (χ0n) is 14.2. The minimum absolute atomic E-state index is 0.0945. The van der Waals surface area contributed by atoms with Crippen LogP contribution in [0, 0.1) is 6.92 Å². The lowest BCUT2D eigenvalue weighted by atomic mass is 9.97. The summed E-state index contributed by atoms with van der Waals surface area (Å²) < 4.78 is 0. The molecular weight excluding hydrogens is 318 g/mol. The number of nitrogens with zero attached hydrogens (tertiary/aromatic N) is 2. The number of aliphatic hydroxyl groups is 2. The predicted molar refractivity (Wildman–Crippen MR) is 96.1 cm³/mol. The lowest BCUT2D eigenvalue weighted by Gasteiger charge is -2.37. The molecule has 1 atom stereocenters. The summed E-state index contributed by atoms with van der Waals surface area (Å²) in [6.45, 7) is 4.49. The van der Waals surface area contributed by atoms with Crippen molar-refractivity contribution in [1.82, 2.24) is 10.3 Å². The first-order valence-corrected chi connectivity index (χ1v) is 8.23. The second kappa shape index (κ2) is 6.94. The molecular formula is C19H21N3O3. The van der Waals surface area contributed by atoms with E-state index in [1.165, 1.54) is 12.4 Å². The Labute approximate surface area is 146 Å². The molecule has 1 aromatic heterocycles. The molecule has 3 N–H and O–H groups in total. The molecule has 0 saturated heterocycles. The number of hydrogen-bond acceptors (Lipinski definition) is 5. The molecule has 0 bridgehead atoms. The number of amides is 1. The number of aromatic nitrogens is 1.